The summed E-state index contributed by atoms with van der Waals surface area (Å²) in [6.07, 6.45) is 0. The van der Waals surface area contributed by atoms with Crippen LogP contribution in [0.5, 0.6) is 0 Å². The minimum atomic E-state index is 0.575. The average Bonchev–Trinajstić information content (AvgIpc) is 2.01. The third-order valence-corrected chi connectivity index (χ3v) is 2.94. The first kappa shape index (κ1) is 9.75. The standard InChI is InChI=1S/C8H6ClIN2/c1-4-6(3-11)8(10)12-5(2)7(4)9/h1-2H3. The molecule has 0 unspecified atom stereocenters. The third kappa shape index (κ3) is 1.54. The number of aryl methyl sites for hydroxylation is 1. The maximum atomic E-state index is 8.76. The lowest BCUT2D eigenvalue weighted by molar-refractivity contribution is 1.12. The van der Waals surface area contributed by atoms with E-state index in [0.29, 0.717) is 10.6 Å². The lowest BCUT2D eigenvalue weighted by atomic mass is 10.1. The third-order valence-electron chi connectivity index (χ3n) is 1.61. The molecule has 0 spiro atoms. The second kappa shape index (κ2) is 3.58. The molecule has 1 heterocycles. The van der Waals surface area contributed by atoms with Crippen molar-refractivity contribution in [3.63, 3.8) is 0 Å². The predicted octanol–water partition coefficient (Wildman–Crippen LogP) is 2.83. The van der Waals surface area contributed by atoms with E-state index in [1.807, 2.05) is 36.4 Å². The molecule has 1 rings (SSSR count). The maximum absolute atomic E-state index is 8.76. The average molecular weight is 293 g/mol. The smallest absolute Gasteiger partial charge is 0.119 e. The molecule has 0 aliphatic carbocycles. The van der Waals surface area contributed by atoms with Crippen LogP contribution in [-0.4, -0.2) is 4.98 Å². The summed E-state index contributed by atoms with van der Waals surface area (Å²) in [4.78, 5) is 4.14. The first-order valence-electron chi connectivity index (χ1n) is 3.30. The van der Waals surface area contributed by atoms with Crippen LogP contribution in [0.25, 0.3) is 0 Å². The molecular weight excluding hydrogens is 286 g/mol. The molecule has 0 bridgehead atoms. The van der Waals surface area contributed by atoms with Crippen molar-refractivity contribution in [2.45, 2.75) is 13.8 Å². The summed E-state index contributed by atoms with van der Waals surface area (Å²) in [5.41, 5.74) is 2.17. The summed E-state index contributed by atoms with van der Waals surface area (Å²) in [6.45, 7) is 3.66. The van der Waals surface area contributed by atoms with Gasteiger partial charge < -0.3 is 0 Å². The van der Waals surface area contributed by atoms with E-state index in [1.54, 1.807) is 0 Å². The first-order valence-corrected chi connectivity index (χ1v) is 4.76. The fourth-order valence-corrected chi connectivity index (χ4v) is 1.94. The fourth-order valence-electron chi connectivity index (χ4n) is 0.918. The molecule has 0 radical (unpaired) electrons. The fraction of sp³-hybridized carbons (Fsp3) is 0.250. The maximum Gasteiger partial charge on any atom is 0.119 e. The number of nitriles is 1. The zero-order valence-corrected chi connectivity index (χ0v) is 9.56. The van der Waals surface area contributed by atoms with E-state index in [4.69, 9.17) is 16.9 Å². The van der Waals surface area contributed by atoms with Crippen molar-refractivity contribution in [3.8, 4) is 6.07 Å². The molecule has 1 aromatic rings. The van der Waals surface area contributed by atoms with Gasteiger partial charge in [0.2, 0.25) is 0 Å². The van der Waals surface area contributed by atoms with Gasteiger partial charge in [0.25, 0.3) is 0 Å². The summed E-state index contributed by atoms with van der Waals surface area (Å²) in [6, 6.07) is 2.08. The van der Waals surface area contributed by atoms with Crippen LogP contribution >= 0.6 is 34.2 Å². The van der Waals surface area contributed by atoms with Crippen molar-refractivity contribution >= 4 is 34.2 Å². The van der Waals surface area contributed by atoms with Crippen LogP contribution in [-0.2, 0) is 0 Å². The van der Waals surface area contributed by atoms with Gasteiger partial charge in [-0.15, -0.1) is 0 Å². The molecule has 0 saturated carbocycles. The molecule has 0 aliphatic heterocycles. The highest BCUT2D eigenvalue weighted by molar-refractivity contribution is 14.1. The largest absolute Gasteiger partial charge is 0.244 e. The highest BCUT2D eigenvalue weighted by atomic mass is 127. The molecule has 0 amide bonds. The Morgan fingerprint density at radius 1 is 1.50 bits per heavy atom. The molecule has 0 atom stereocenters. The molecular formula is C8H6ClIN2. The Hall–Kier alpha value is -0.340. The first-order chi connectivity index (χ1) is 5.57. The highest BCUT2D eigenvalue weighted by Crippen LogP contribution is 2.24. The quantitative estimate of drug-likeness (QED) is 0.544. The van der Waals surface area contributed by atoms with Crippen molar-refractivity contribution in [1.82, 2.24) is 4.98 Å². The number of hydrogen-bond acceptors (Lipinski definition) is 2. The lowest BCUT2D eigenvalue weighted by Crippen LogP contribution is -1.96. The van der Waals surface area contributed by atoms with Gasteiger partial charge >= 0.3 is 0 Å². The lowest BCUT2D eigenvalue weighted by Gasteiger charge is -2.04. The van der Waals surface area contributed by atoms with Gasteiger partial charge in [-0.2, -0.15) is 5.26 Å². The molecule has 2 nitrogen and oxygen atoms in total. The van der Waals surface area contributed by atoms with E-state index in [2.05, 4.69) is 11.1 Å². The van der Waals surface area contributed by atoms with E-state index in [9.17, 15) is 0 Å². The summed E-state index contributed by atoms with van der Waals surface area (Å²) < 4.78 is 0.717. The number of aromatic nitrogens is 1. The minimum Gasteiger partial charge on any atom is -0.244 e. The zero-order valence-electron chi connectivity index (χ0n) is 6.65. The van der Waals surface area contributed by atoms with Gasteiger partial charge in [-0.25, -0.2) is 4.98 Å². The van der Waals surface area contributed by atoms with Gasteiger partial charge in [-0.1, -0.05) is 11.6 Å². The van der Waals surface area contributed by atoms with Crippen LogP contribution in [0.15, 0.2) is 0 Å². The number of halogens is 2. The van der Waals surface area contributed by atoms with E-state index in [-0.39, 0.29) is 0 Å². The van der Waals surface area contributed by atoms with E-state index in [0.717, 1.165) is 15.0 Å². The Morgan fingerprint density at radius 3 is 2.58 bits per heavy atom. The van der Waals surface area contributed by atoms with Gasteiger partial charge in [0, 0.05) is 0 Å². The highest BCUT2D eigenvalue weighted by Gasteiger charge is 2.10. The molecule has 0 aliphatic rings. The summed E-state index contributed by atoms with van der Waals surface area (Å²) >= 11 is 7.95. The Bertz CT molecular complexity index is 368. The minimum absolute atomic E-state index is 0.575. The van der Waals surface area contributed by atoms with E-state index in [1.165, 1.54) is 0 Å². The summed E-state index contributed by atoms with van der Waals surface area (Å²) in [5.74, 6) is 0. The monoisotopic (exact) mass is 292 g/mol. The molecule has 0 aromatic carbocycles. The Kier molecular flexibility index (Phi) is 2.91. The topological polar surface area (TPSA) is 36.7 Å². The van der Waals surface area contributed by atoms with Crippen LogP contribution in [0.4, 0.5) is 0 Å². The normalized spacial score (nSPS) is 9.58. The molecule has 4 heteroatoms. The van der Waals surface area contributed by atoms with Crippen LogP contribution in [0.1, 0.15) is 16.8 Å². The van der Waals surface area contributed by atoms with Crippen molar-refractivity contribution in [2.24, 2.45) is 0 Å². The van der Waals surface area contributed by atoms with E-state index >= 15 is 0 Å². The molecule has 0 N–H and O–H groups in total. The molecule has 1 aromatic heterocycles. The van der Waals surface area contributed by atoms with E-state index < -0.39 is 0 Å². The second-order valence-electron chi connectivity index (χ2n) is 2.41. The molecule has 0 saturated heterocycles. The number of rotatable bonds is 0. The zero-order chi connectivity index (χ0) is 9.30. The van der Waals surface area contributed by atoms with Gasteiger partial charge in [-0.05, 0) is 42.0 Å². The summed E-state index contributed by atoms with van der Waals surface area (Å²) in [7, 11) is 0. The number of nitrogens with zero attached hydrogens (tertiary/aromatic N) is 2. The van der Waals surface area contributed by atoms with Gasteiger partial charge in [0.15, 0.2) is 0 Å². The van der Waals surface area contributed by atoms with Crippen LogP contribution < -0.4 is 0 Å². The van der Waals surface area contributed by atoms with Crippen molar-refractivity contribution < 1.29 is 0 Å². The van der Waals surface area contributed by atoms with Crippen molar-refractivity contribution in [1.29, 1.82) is 5.26 Å². The number of pyridine rings is 1. The van der Waals surface area contributed by atoms with Crippen LogP contribution in [0.3, 0.4) is 0 Å². The Balaban J connectivity index is 3.54. The summed E-state index contributed by atoms with van der Waals surface area (Å²) in [5, 5.41) is 9.35. The van der Waals surface area contributed by atoms with Crippen LogP contribution in [0.2, 0.25) is 5.02 Å². The molecule has 62 valence electrons. The molecule has 12 heavy (non-hydrogen) atoms. The Labute approximate surface area is 89.7 Å². The van der Waals surface area contributed by atoms with Gasteiger partial charge in [-0.3, -0.25) is 0 Å². The van der Waals surface area contributed by atoms with Gasteiger partial charge in [0.1, 0.15) is 9.77 Å². The number of hydrogen-bond donors (Lipinski definition) is 0. The molecule has 0 fully saturated rings. The van der Waals surface area contributed by atoms with Crippen LogP contribution in [0, 0.1) is 28.9 Å². The van der Waals surface area contributed by atoms with Crippen molar-refractivity contribution in [2.75, 3.05) is 0 Å². The second-order valence-corrected chi connectivity index (χ2v) is 3.81. The predicted molar refractivity (Wildman–Crippen MR) is 56.2 cm³/mol. The van der Waals surface area contributed by atoms with Gasteiger partial charge in [0.05, 0.1) is 16.3 Å². The Morgan fingerprint density at radius 2 is 2.08 bits per heavy atom. The SMILES string of the molecule is Cc1nc(I)c(C#N)c(C)c1Cl. The van der Waals surface area contributed by atoms with Crippen molar-refractivity contribution in [3.05, 3.63) is 25.5 Å².